The highest BCUT2D eigenvalue weighted by Crippen LogP contribution is 2.24. The minimum Gasteiger partial charge on any atom is -0.497 e. The van der Waals surface area contributed by atoms with E-state index >= 15 is 0 Å². The zero-order valence-corrected chi connectivity index (χ0v) is 15.2. The molecule has 0 unspecified atom stereocenters. The zero-order valence-electron chi connectivity index (χ0n) is 14.4. The van der Waals surface area contributed by atoms with Gasteiger partial charge in [0.1, 0.15) is 11.6 Å². The van der Waals surface area contributed by atoms with Crippen LogP contribution in [0.4, 0.5) is 4.39 Å². The fraction of sp³-hybridized carbons (Fsp3) is 0.316. The number of sulfone groups is 1. The van der Waals surface area contributed by atoms with Gasteiger partial charge in [-0.15, -0.1) is 0 Å². The highest BCUT2D eigenvalue weighted by Gasteiger charge is 2.35. The second-order valence-corrected chi connectivity index (χ2v) is 8.58. The number of carbonyl (C=O) groups excluding carboxylic acids is 1. The van der Waals surface area contributed by atoms with Gasteiger partial charge in [0.05, 0.1) is 18.6 Å². The Labute approximate surface area is 152 Å². The lowest BCUT2D eigenvalue weighted by Crippen LogP contribution is -2.40. The quantitative estimate of drug-likeness (QED) is 0.804. The van der Waals surface area contributed by atoms with Crippen molar-refractivity contribution in [1.82, 2.24) is 4.90 Å². The molecule has 7 heteroatoms. The molecule has 1 fully saturated rings. The molecule has 3 rings (SSSR count). The van der Waals surface area contributed by atoms with Crippen molar-refractivity contribution in [2.24, 2.45) is 0 Å². The molecule has 1 atom stereocenters. The monoisotopic (exact) mass is 377 g/mol. The van der Waals surface area contributed by atoms with Crippen molar-refractivity contribution < 1.29 is 22.3 Å². The average Bonchev–Trinajstić information content (AvgIpc) is 2.99. The minimum absolute atomic E-state index is 0.0517. The maximum absolute atomic E-state index is 13.2. The van der Waals surface area contributed by atoms with E-state index in [0.29, 0.717) is 17.7 Å². The second-order valence-electron chi connectivity index (χ2n) is 6.35. The summed E-state index contributed by atoms with van der Waals surface area (Å²) in [5.41, 5.74) is 1.17. The third-order valence-corrected chi connectivity index (χ3v) is 6.24. The van der Waals surface area contributed by atoms with Gasteiger partial charge in [0, 0.05) is 18.2 Å². The number of ether oxygens (including phenoxy) is 1. The van der Waals surface area contributed by atoms with Crippen molar-refractivity contribution in [2.45, 2.75) is 19.0 Å². The number of methoxy groups -OCH3 is 1. The van der Waals surface area contributed by atoms with Crippen LogP contribution in [0.5, 0.6) is 5.75 Å². The molecule has 2 aromatic rings. The summed E-state index contributed by atoms with van der Waals surface area (Å²) >= 11 is 0. The van der Waals surface area contributed by atoms with E-state index in [9.17, 15) is 17.6 Å². The summed E-state index contributed by atoms with van der Waals surface area (Å²) in [4.78, 5) is 14.6. The van der Waals surface area contributed by atoms with Crippen LogP contribution in [0, 0.1) is 5.82 Å². The van der Waals surface area contributed by atoms with Crippen LogP contribution in [-0.2, 0) is 16.4 Å². The molecule has 1 aliphatic rings. The van der Waals surface area contributed by atoms with Gasteiger partial charge in [0.2, 0.25) is 0 Å². The molecule has 1 aliphatic heterocycles. The fourth-order valence-electron chi connectivity index (χ4n) is 3.11. The molecule has 5 nitrogen and oxygen atoms in total. The smallest absolute Gasteiger partial charge is 0.254 e. The number of halogens is 1. The summed E-state index contributed by atoms with van der Waals surface area (Å²) in [5.74, 6) is -0.0534. The first-order chi connectivity index (χ1) is 12.4. The molecular formula is C19H20FNO4S. The molecule has 1 saturated heterocycles. The Kier molecular flexibility index (Phi) is 5.27. The number of carbonyl (C=O) groups is 1. The van der Waals surface area contributed by atoms with E-state index in [1.807, 2.05) is 18.2 Å². The second kappa shape index (κ2) is 7.45. The highest BCUT2D eigenvalue weighted by molar-refractivity contribution is 7.91. The molecule has 1 amide bonds. The van der Waals surface area contributed by atoms with Gasteiger partial charge in [0.15, 0.2) is 9.84 Å². The van der Waals surface area contributed by atoms with E-state index < -0.39 is 21.7 Å². The predicted molar refractivity (Wildman–Crippen MR) is 96.3 cm³/mol. The Morgan fingerprint density at radius 1 is 1.23 bits per heavy atom. The number of hydrogen-bond acceptors (Lipinski definition) is 4. The van der Waals surface area contributed by atoms with Crippen molar-refractivity contribution >= 4 is 15.7 Å². The van der Waals surface area contributed by atoms with E-state index in [2.05, 4.69) is 0 Å². The van der Waals surface area contributed by atoms with E-state index in [1.54, 1.807) is 18.1 Å². The lowest BCUT2D eigenvalue weighted by Gasteiger charge is -2.28. The average molecular weight is 377 g/mol. The molecule has 0 N–H and O–H groups in total. The number of rotatable bonds is 5. The standard InChI is InChI=1S/C19H20FNO4S/c1-25-18-4-2-3-14(11-18)12-21(17-9-10-26(23,24)13-17)19(22)15-5-7-16(20)8-6-15/h2-8,11,17H,9-10,12-13H2,1H3/t17-/m1/s1. The van der Waals surface area contributed by atoms with Gasteiger partial charge in [-0.3, -0.25) is 4.79 Å². The first-order valence-corrected chi connectivity index (χ1v) is 10.1. The van der Waals surface area contributed by atoms with Gasteiger partial charge < -0.3 is 9.64 Å². The fourth-order valence-corrected chi connectivity index (χ4v) is 4.84. The SMILES string of the molecule is COc1cccc(CN(C(=O)c2ccc(F)cc2)[C@@H]2CCS(=O)(=O)C2)c1. The molecule has 1 heterocycles. The summed E-state index contributed by atoms with van der Waals surface area (Å²) in [7, 11) is -1.59. The van der Waals surface area contributed by atoms with Crippen molar-refractivity contribution in [3.63, 3.8) is 0 Å². The van der Waals surface area contributed by atoms with E-state index in [1.165, 1.54) is 24.3 Å². The van der Waals surface area contributed by atoms with Crippen molar-refractivity contribution in [1.29, 1.82) is 0 Å². The summed E-state index contributed by atoms with van der Waals surface area (Å²) in [6.07, 6.45) is 0.402. The largest absolute Gasteiger partial charge is 0.497 e. The van der Waals surface area contributed by atoms with Gasteiger partial charge >= 0.3 is 0 Å². The Hall–Kier alpha value is -2.41. The third-order valence-electron chi connectivity index (χ3n) is 4.49. The van der Waals surface area contributed by atoms with E-state index in [-0.39, 0.29) is 24.0 Å². The lowest BCUT2D eigenvalue weighted by molar-refractivity contribution is 0.0680. The maximum atomic E-state index is 13.2. The zero-order chi connectivity index (χ0) is 18.7. The molecule has 0 aliphatic carbocycles. The molecule has 138 valence electrons. The first-order valence-electron chi connectivity index (χ1n) is 8.28. The van der Waals surface area contributed by atoms with Gasteiger partial charge in [-0.2, -0.15) is 0 Å². The Bertz CT molecular complexity index is 896. The number of hydrogen-bond donors (Lipinski definition) is 0. The van der Waals surface area contributed by atoms with Crippen LogP contribution in [0.15, 0.2) is 48.5 Å². The number of nitrogens with zero attached hydrogens (tertiary/aromatic N) is 1. The van der Waals surface area contributed by atoms with Crippen molar-refractivity contribution in [3.8, 4) is 5.75 Å². The van der Waals surface area contributed by atoms with E-state index in [0.717, 1.165) is 5.56 Å². The molecule has 26 heavy (non-hydrogen) atoms. The molecule has 0 saturated carbocycles. The van der Waals surface area contributed by atoms with Crippen LogP contribution in [-0.4, -0.2) is 43.9 Å². The summed E-state index contributed by atoms with van der Waals surface area (Å²) < 4.78 is 42.2. The molecular weight excluding hydrogens is 357 g/mol. The lowest BCUT2D eigenvalue weighted by atomic mass is 10.1. The molecule has 0 radical (unpaired) electrons. The highest BCUT2D eigenvalue weighted by atomic mass is 32.2. The Balaban J connectivity index is 1.90. The van der Waals surface area contributed by atoms with Crippen LogP contribution in [0.2, 0.25) is 0 Å². The third kappa shape index (κ3) is 4.22. The predicted octanol–water partition coefficient (Wildman–Crippen LogP) is 2.66. The van der Waals surface area contributed by atoms with Crippen LogP contribution in [0.3, 0.4) is 0 Å². The molecule has 0 bridgehead atoms. The van der Waals surface area contributed by atoms with E-state index in [4.69, 9.17) is 4.74 Å². The minimum atomic E-state index is -3.15. The van der Waals surface area contributed by atoms with Crippen LogP contribution in [0.25, 0.3) is 0 Å². The summed E-state index contributed by atoms with van der Waals surface area (Å²) in [5, 5.41) is 0. The van der Waals surface area contributed by atoms with Gasteiger partial charge in [-0.1, -0.05) is 12.1 Å². The van der Waals surface area contributed by atoms with Crippen LogP contribution >= 0.6 is 0 Å². The number of amides is 1. The van der Waals surface area contributed by atoms with Crippen molar-refractivity contribution in [3.05, 3.63) is 65.5 Å². The molecule has 2 aromatic carbocycles. The normalized spacial score (nSPS) is 18.5. The van der Waals surface area contributed by atoms with Crippen LogP contribution in [0.1, 0.15) is 22.3 Å². The van der Waals surface area contributed by atoms with Gasteiger partial charge in [-0.25, -0.2) is 12.8 Å². The number of benzene rings is 2. The maximum Gasteiger partial charge on any atom is 0.254 e. The topological polar surface area (TPSA) is 63.7 Å². The summed E-state index contributed by atoms with van der Waals surface area (Å²) in [6.45, 7) is 0.258. The van der Waals surface area contributed by atoms with Crippen molar-refractivity contribution in [2.75, 3.05) is 18.6 Å². The Morgan fingerprint density at radius 3 is 2.58 bits per heavy atom. The van der Waals surface area contributed by atoms with Gasteiger partial charge in [-0.05, 0) is 48.4 Å². The van der Waals surface area contributed by atoms with Gasteiger partial charge in [0.25, 0.3) is 5.91 Å². The molecule has 0 aromatic heterocycles. The van der Waals surface area contributed by atoms with Crippen LogP contribution < -0.4 is 4.74 Å². The molecule has 0 spiro atoms. The Morgan fingerprint density at radius 2 is 1.96 bits per heavy atom. The first kappa shape index (κ1) is 18.4. The summed E-state index contributed by atoms with van der Waals surface area (Å²) in [6, 6.07) is 12.2.